The lowest BCUT2D eigenvalue weighted by atomic mass is 9.92. The van der Waals surface area contributed by atoms with Crippen LogP contribution in [-0.4, -0.2) is 28.2 Å². The van der Waals surface area contributed by atoms with Crippen LogP contribution in [0.25, 0.3) is 5.57 Å². The third-order valence-electron chi connectivity index (χ3n) is 4.10. The third kappa shape index (κ3) is 3.16. The normalized spacial score (nSPS) is 10.5. The molecule has 2 rings (SSSR count). The summed E-state index contributed by atoms with van der Waals surface area (Å²) >= 11 is 0. The minimum absolute atomic E-state index is 1.09. The molecule has 0 unspecified atom stereocenters. The van der Waals surface area contributed by atoms with Crippen LogP contribution in [0.3, 0.4) is 0 Å². The van der Waals surface area contributed by atoms with Gasteiger partial charge in [-0.15, -0.1) is 0 Å². The van der Waals surface area contributed by atoms with Gasteiger partial charge in [-0.2, -0.15) is 0 Å². The average molecular weight is 294 g/mol. The molecule has 2 nitrogen and oxygen atoms in total. The Hall–Kier alpha value is -2.22. The van der Waals surface area contributed by atoms with Gasteiger partial charge in [-0.1, -0.05) is 18.7 Å². The molecule has 0 aliphatic rings. The molecule has 0 fully saturated rings. The van der Waals surface area contributed by atoms with E-state index < -0.39 is 0 Å². The summed E-state index contributed by atoms with van der Waals surface area (Å²) in [6.07, 6.45) is 0. The molecule has 116 valence electrons. The third-order valence-corrected chi connectivity index (χ3v) is 4.10. The van der Waals surface area contributed by atoms with Crippen LogP contribution in [-0.2, 0) is 0 Å². The van der Waals surface area contributed by atoms with Crippen LogP contribution in [0.2, 0.25) is 0 Å². The van der Waals surface area contributed by atoms with Crippen LogP contribution in [0, 0.1) is 13.8 Å². The van der Waals surface area contributed by atoms with E-state index >= 15 is 0 Å². The molecule has 0 saturated heterocycles. The van der Waals surface area contributed by atoms with Crippen LogP contribution in [0.4, 0.5) is 11.4 Å². The quantitative estimate of drug-likeness (QED) is 0.819. The Morgan fingerprint density at radius 3 is 1.36 bits per heavy atom. The van der Waals surface area contributed by atoms with Gasteiger partial charge in [0.15, 0.2) is 0 Å². The lowest BCUT2D eigenvalue weighted by molar-refractivity contribution is 1.12. The maximum Gasteiger partial charge on any atom is 0.0364 e. The topological polar surface area (TPSA) is 6.48 Å². The summed E-state index contributed by atoms with van der Waals surface area (Å²) < 4.78 is 0. The smallest absolute Gasteiger partial charge is 0.0364 e. The Bertz CT molecular complexity index is 637. The molecule has 0 aromatic heterocycles. The summed E-state index contributed by atoms with van der Waals surface area (Å²) in [6.45, 7) is 8.64. The zero-order valence-electron chi connectivity index (χ0n) is 14.6. The van der Waals surface area contributed by atoms with Gasteiger partial charge in [0.1, 0.15) is 0 Å². The number of aryl methyl sites for hydroxylation is 2. The molecular weight excluding hydrogens is 268 g/mol. The second-order valence-electron chi connectivity index (χ2n) is 6.27. The minimum Gasteiger partial charge on any atom is -0.378 e. The van der Waals surface area contributed by atoms with Crippen molar-refractivity contribution in [1.82, 2.24) is 0 Å². The molecule has 0 radical (unpaired) electrons. The van der Waals surface area contributed by atoms with Crippen LogP contribution in [0.5, 0.6) is 0 Å². The minimum atomic E-state index is 1.09. The summed E-state index contributed by atoms with van der Waals surface area (Å²) in [5.74, 6) is 0. The van der Waals surface area contributed by atoms with Crippen molar-refractivity contribution in [2.75, 3.05) is 38.0 Å². The highest BCUT2D eigenvalue weighted by Crippen LogP contribution is 2.30. The Morgan fingerprint density at radius 1 is 0.727 bits per heavy atom. The van der Waals surface area contributed by atoms with Crippen molar-refractivity contribution in [2.45, 2.75) is 13.8 Å². The molecule has 2 aromatic carbocycles. The highest BCUT2D eigenvalue weighted by Gasteiger charge is 2.10. The first-order valence-electron chi connectivity index (χ1n) is 7.57. The SMILES string of the molecule is C=C(c1ccc(N(C)C)cc1C)c1ccc(N(C)C)cc1C. The molecule has 0 heterocycles. The van der Waals surface area contributed by atoms with Crippen LogP contribution in [0.1, 0.15) is 22.3 Å². The fraction of sp³-hybridized carbons (Fsp3) is 0.300. The maximum absolute atomic E-state index is 4.34. The first-order valence-corrected chi connectivity index (χ1v) is 7.57. The molecule has 0 bridgehead atoms. The van der Waals surface area contributed by atoms with E-state index in [0.717, 1.165) is 5.57 Å². The highest BCUT2D eigenvalue weighted by molar-refractivity contribution is 5.82. The van der Waals surface area contributed by atoms with Crippen molar-refractivity contribution >= 4 is 16.9 Å². The molecule has 0 aliphatic heterocycles. The Morgan fingerprint density at radius 2 is 1.09 bits per heavy atom. The monoisotopic (exact) mass is 294 g/mol. The van der Waals surface area contributed by atoms with Crippen molar-refractivity contribution in [1.29, 1.82) is 0 Å². The number of rotatable bonds is 4. The molecule has 0 aliphatic carbocycles. The molecule has 0 saturated carbocycles. The van der Waals surface area contributed by atoms with Gasteiger partial charge in [0.25, 0.3) is 0 Å². The van der Waals surface area contributed by atoms with E-state index in [1.165, 1.54) is 33.6 Å². The van der Waals surface area contributed by atoms with E-state index in [9.17, 15) is 0 Å². The fourth-order valence-corrected chi connectivity index (χ4v) is 2.67. The number of benzene rings is 2. The van der Waals surface area contributed by atoms with Crippen molar-refractivity contribution in [3.05, 3.63) is 65.2 Å². The van der Waals surface area contributed by atoms with Gasteiger partial charge in [0.2, 0.25) is 0 Å². The van der Waals surface area contributed by atoms with Gasteiger partial charge in [0.05, 0.1) is 0 Å². The van der Waals surface area contributed by atoms with Gasteiger partial charge in [-0.05, 0) is 65.9 Å². The molecular formula is C20H26N2. The van der Waals surface area contributed by atoms with E-state index in [4.69, 9.17) is 0 Å². The molecule has 0 N–H and O–H groups in total. The fourth-order valence-electron chi connectivity index (χ4n) is 2.67. The zero-order chi connectivity index (χ0) is 16.4. The number of hydrogen-bond donors (Lipinski definition) is 0. The van der Waals surface area contributed by atoms with E-state index in [0.29, 0.717) is 0 Å². The average Bonchev–Trinajstić information content (AvgIpc) is 2.46. The second kappa shape index (κ2) is 6.27. The largest absolute Gasteiger partial charge is 0.378 e. The number of hydrogen-bond acceptors (Lipinski definition) is 2. The Kier molecular flexibility index (Phi) is 4.60. The molecule has 0 amide bonds. The van der Waals surface area contributed by atoms with Gasteiger partial charge in [-0.25, -0.2) is 0 Å². The summed E-state index contributed by atoms with van der Waals surface area (Å²) in [6, 6.07) is 13.1. The lowest BCUT2D eigenvalue weighted by Crippen LogP contribution is -2.09. The van der Waals surface area contributed by atoms with E-state index in [1.54, 1.807) is 0 Å². The summed E-state index contributed by atoms with van der Waals surface area (Å²) in [5.41, 5.74) is 8.46. The molecule has 22 heavy (non-hydrogen) atoms. The van der Waals surface area contributed by atoms with Crippen molar-refractivity contribution in [2.24, 2.45) is 0 Å². The number of anilines is 2. The number of nitrogens with zero attached hydrogens (tertiary/aromatic N) is 2. The molecule has 2 heteroatoms. The molecule has 0 spiro atoms. The van der Waals surface area contributed by atoms with E-state index in [-0.39, 0.29) is 0 Å². The van der Waals surface area contributed by atoms with Crippen molar-refractivity contribution in [3.8, 4) is 0 Å². The van der Waals surface area contributed by atoms with Gasteiger partial charge in [-0.3, -0.25) is 0 Å². The van der Waals surface area contributed by atoms with E-state index in [2.05, 4.69) is 94.8 Å². The van der Waals surface area contributed by atoms with Crippen LogP contribution < -0.4 is 9.80 Å². The van der Waals surface area contributed by atoms with Gasteiger partial charge in [0, 0.05) is 39.6 Å². The van der Waals surface area contributed by atoms with Gasteiger partial charge >= 0.3 is 0 Å². The predicted octanol–water partition coefficient (Wildman–Crippen LogP) is 4.50. The van der Waals surface area contributed by atoms with Crippen molar-refractivity contribution < 1.29 is 0 Å². The first kappa shape index (κ1) is 16.2. The van der Waals surface area contributed by atoms with Crippen molar-refractivity contribution in [3.63, 3.8) is 0 Å². The van der Waals surface area contributed by atoms with E-state index in [1.807, 2.05) is 0 Å². The zero-order valence-corrected chi connectivity index (χ0v) is 14.6. The maximum atomic E-state index is 4.34. The molecule has 0 atom stereocenters. The van der Waals surface area contributed by atoms with Gasteiger partial charge < -0.3 is 9.80 Å². The Labute approximate surface area is 134 Å². The van der Waals surface area contributed by atoms with Crippen LogP contribution in [0.15, 0.2) is 43.0 Å². The first-order chi connectivity index (χ1) is 10.3. The highest BCUT2D eigenvalue weighted by atomic mass is 15.1. The lowest BCUT2D eigenvalue weighted by Gasteiger charge is -2.19. The Balaban J connectivity index is 2.40. The summed E-state index contributed by atoms with van der Waals surface area (Å²) in [4.78, 5) is 4.24. The summed E-state index contributed by atoms with van der Waals surface area (Å²) in [7, 11) is 8.25. The standard InChI is InChI=1S/C20H26N2/c1-14-12-17(21(4)5)8-10-19(14)16(3)20-11-9-18(22(6)7)13-15(20)2/h8-13H,3H2,1-2,4-7H3. The second-order valence-corrected chi connectivity index (χ2v) is 6.27. The summed E-state index contributed by atoms with van der Waals surface area (Å²) in [5, 5.41) is 0. The van der Waals surface area contributed by atoms with Crippen LogP contribution >= 0.6 is 0 Å². The molecule has 2 aromatic rings. The predicted molar refractivity (Wildman–Crippen MR) is 99.1 cm³/mol.